The van der Waals surface area contributed by atoms with Crippen LogP contribution >= 0.6 is 188 Å². The zero-order chi connectivity index (χ0) is 53.2. The van der Waals surface area contributed by atoms with Gasteiger partial charge in [-0.1, -0.05) is 251 Å². The Morgan fingerprint density at radius 3 is 0.763 bits per heavy atom. The topological polar surface area (TPSA) is 18.5 Å². The van der Waals surface area contributed by atoms with Gasteiger partial charge in [0.05, 0.1) is 64.1 Å². The normalized spacial score (nSPS) is 18.0. The third-order valence-electron chi connectivity index (χ3n) is 13.1. The molecular weight excluding hydrogens is 1240 g/mol. The Labute approximate surface area is 530 Å². The fourth-order valence-corrected chi connectivity index (χ4v) is 33.2. The monoisotopic (exact) mass is 1330 g/mol. The predicted molar refractivity (Wildman–Crippen MR) is 380 cm³/mol. The Hall–Kier alpha value is 2.86. The van der Waals surface area contributed by atoms with Crippen LogP contribution in [-0.2, 0) is 23.0 Å². The molecular formula is C58H86O2S16. The molecule has 0 bridgehead atoms. The maximum Gasteiger partial charge on any atom is 0.128 e. The first kappa shape index (κ1) is 66.4. The summed E-state index contributed by atoms with van der Waals surface area (Å²) in [4.78, 5) is 0. The minimum absolute atomic E-state index is 0.786. The van der Waals surface area contributed by atoms with E-state index >= 15 is 0 Å². The smallest absolute Gasteiger partial charge is 0.128 e. The van der Waals surface area contributed by atoms with Gasteiger partial charge in [0.2, 0.25) is 0 Å². The van der Waals surface area contributed by atoms with E-state index in [1.165, 1.54) is 232 Å². The molecule has 0 N–H and O–H groups in total. The van der Waals surface area contributed by atoms with Gasteiger partial charge in [0.1, 0.15) is 11.5 Å². The van der Waals surface area contributed by atoms with Gasteiger partial charge < -0.3 is 9.47 Å². The quantitative estimate of drug-likeness (QED) is 0.0594. The van der Waals surface area contributed by atoms with Crippen LogP contribution in [0.25, 0.3) is 0 Å². The van der Waals surface area contributed by atoms with Gasteiger partial charge in [0, 0.05) is 45.3 Å². The molecule has 6 heterocycles. The van der Waals surface area contributed by atoms with Gasteiger partial charge in [0.25, 0.3) is 0 Å². The number of rotatable bonds is 36. The van der Waals surface area contributed by atoms with Crippen molar-refractivity contribution in [1.29, 1.82) is 0 Å². The highest BCUT2D eigenvalue weighted by Crippen LogP contribution is 2.70. The summed E-state index contributed by atoms with van der Waals surface area (Å²) in [6.45, 7) is 15.5. The Kier molecular flexibility index (Phi) is 33.9. The van der Waals surface area contributed by atoms with Gasteiger partial charge in [0.15, 0.2) is 0 Å². The standard InChI is InChI=1S/C58H86O2S16/c1-7-13-19-25-31-59-45-41-37-65-51-53(75-57(73-51)55-69-47(61-33-27-21-15-9-3)48(70-55)62-34-28-22-16-10-4)67-39-43(41)46(60-32-26-20-14-8-2)44-40-68-54-52(66-38-42(44)45)74-58(76-54)56-71-49(63-35-29-23-17-11-5)50(72-56)64-36-30-24-18-12-6/h7-40H2,1-6H3. The number of hydrogen-bond donors (Lipinski definition) is 0. The number of thioether (sulfide) groups is 16. The van der Waals surface area contributed by atoms with Crippen LogP contribution in [0.15, 0.2) is 50.8 Å². The number of benzene rings is 1. The molecule has 0 radical (unpaired) electrons. The summed E-state index contributed by atoms with van der Waals surface area (Å²) in [6, 6.07) is 0. The molecule has 0 spiro atoms. The highest BCUT2D eigenvalue weighted by Gasteiger charge is 2.37. The maximum absolute atomic E-state index is 7.24. The Balaban J connectivity index is 1.11. The largest absolute Gasteiger partial charge is 0.493 e. The molecule has 1 aromatic rings. The number of ether oxygens (including phenoxy) is 2. The van der Waals surface area contributed by atoms with E-state index in [2.05, 4.69) is 230 Å². The average molecular weight is 1330 g/mol. The van der Waals surface area contributed by atoms with Crippen molar-refractivity contribution in [3.05, 3.63) is 73.1 Å². The molecule has 0 fully saturated rings. The van der Waals surface area contributed by atoms with Crippen LogP contribution in [0.2, 0.25) is 0 Å². The van der Waals surface area contributed by atoms with Crippen molar-refractivity contribution in [1.82, 2.24) is 0 Å². The van der Waals surface area contributed by atoms with Crippen LogP contribution in [-0.4, -0.2) is 36.2 Å². The lowest BCUT2D eigenvalue weighted by Crippen LogP contribution is -2.13. The minimum atomic E-state index is 0.786. The zero-order valence-electron chi connectivity index (χ0n) is 46.4. The Morgan fingerprint density at radius 2 is 0.513 bits per heavy atom. The molecule has 6 aliphatic rings. The molecule has 0 saturated heterocycles. The van der Waals surface area contributed by atoms with Crippen LogP contribution in [0.4, 0.5) is 0 Å². The minimum Gasteiger partial charge on any atom is -0.493 e. The van der Waals surface area contributed by atoms with E-state index in [0.29, 0.717) is 0 Å². The van der Waals surface area contributed by atoms with Crippen molar-refractivity contribution in [2.45, 2.75) is 219 Å². The van der Waals surface area contributed by atoms with Gasteiger partial charge >= 0.3 is 0 Å². The highest BCUT2D eigenvalue weighted by molar-refractivity contribution is 8.46. The van der Waals surface area contributed by atoms with Crippen molar-refractivity contribution in [3.8, 4) is 11.5 Å². The number of unbranched alkanes of at least 4 members (excludes halogenated alkanes) is 18. The van der Waals surface area contributed by atoms with E-state index < -0.39 is 0 Å². The summed E-state index contributed by atoms with van der Waals surface area (Å²) in [5, 5.41) is 0. The first-order valence-corrected chi connectivity index (χ1v) is 43.3. The lowest BCUT2D eigenvalue weighted by atomic mass is 9.97. The molecule has 2 nitrogen and oxygen atoms in total. The molecule has 0 unspecified atom stereocenters. The van der Waals surface area contributed by atoms with Gasteiger partial charge in [-0.3, -0.25) is 0 Å². The van der Waals surface area contributed by atoms with Crippen molar-refractivity contribution in [2.24, 2.45) is 0 Å². The molecule has 76 heavy (non-hydrogen) atoms. The van der Waals surface area contributed by atoms with Crippen LogP contribution in [0.1, 0.15) is 218 Å². The zero-order valence-corrected chi connectivity index (χ0v) is 59.5. The van der Waals surface area contributed by atoms with Gasteiger partial charge in [-0.15, -0.1) is 94.1 Å². The number of hydrogen-bond acceptors (Lipinski definition) is 18. The fourth-order valence-electron chi connectivity index (χ4n) is 8.73. The third kappa shape index (κ3) is 21.1. The van der Waals surface area contributed by atoms with E-state index in [1.54, 1.807) is 16.9 Å². The number of fused-ring (bicyclic) bond motifs is 2. The van der Waals surface area contributed by atoms with Gasteiger partial charge in [-0.05, 0) is 61.5 Å². The lowest BCUT2D eigenvalue weighted by molar-refractivity contribution is 0.289. The van der Waals surface area contributed by atoms with Gasteiger partial charge in [-0.2, -0.15) is 0 Å². The Morgan fingerprint density at radius 1 is 0.276 bits per heavy atom. The van der Waals surface area contributed by atoms with Crippen molar-refractivity contribution >= 4 is 188 Å². The molecule has 18 heteroatoms. The van der Waals surface area contributed by atoms with Gasteiger partial charge in [-0.25, -0.2) is 0 Å². The third-order valence-corrected chi connectivity index (χ3v) is 36.7. The molecule has 0 saturated carbocycles. The molecule has 7 rings (SSSR count). The van der Waals surface area contributed by atoms with Crippen LogP contribution < -0.4 is 9.47 Å². The van der Waals surface area contributed by atoms with E-state index in [1.807, 2.05) is 0 Å². The molecule has 0 atom stereocenters. The second-order valence-corrected chi connectivity index (χ2v) is 39.1. The summed E-state index contributed by atoms with van der Waals surface area (Å²) in [5.41, 5.74) is 5.63. The van der Waals surface area contributed by atoms with Crippen molar-refractivity contribution in [3.63, 3.8) is 0 Å². The highest BCUT2D eigenvalue weighted by atomic mass is 32.3. The second-order valence-electron chi connectivity index (χ2n) is 19.4. The summed E-state index contributed by atoms with van der Waals surface area (Å²) in [5.74, 6) is 11.0. The summed E-state index contributed by atoms with van der Waals surface area (Å²) in [6.07, 6.45) is 31.0. The molecule has 6 aliphatic heterocycles. The van der Waals surface area contributed by atoms with E-state index in [0.717, 1.165) is 49.1 Å². The molecule has 0 amide bonds. The SMILES string of the molecule is CCCCCCOc1c2c(c(OCCCCCC)c3c1CSC1=C(SC3)SC(=C3SC(SCCCCCC)=C(SCCCCCC)S3)S1)CSC1=C(SC2)SC(=C2SC(SCCCCCC)=C(SCCCCCC)S2)S1. The summed E-state index contributed by atoms with van der Waals surface area (Å²) < 4.78 is 32.8. The lowest BCUT2D eigenvalue weighted by Gasteiger charge is -2.28. The Bertz CT molecular complexity index is 1920. The van der Waals surface area contributed by atoms with E-state index in [9.17, 15) is 0 Å². The predicted octanol–water partition coefficient (Wildman–Crippen LogP) is 26.5. The molecule has 426 valence electrons. The fraction of sp³-hybridized carbons (Fsp3) is 0.690. The van der Waals surface area contributed by atoms with Crippen LogP contribution in [0.3, 0.4) is 0 Å². The molecule has 0 aliphatic carbocycles. The summed E-state index contributed by atoms with van der Waals surface area (Å²) in [7, 11) is 0. The first-order valence-electron chi connectivity index (χ1n) is 28.9. The average Bonchev–Trinajstić information content (AvgIpc) is 4.23. The first-order chi connectivity index (χ1) is 37.5. The van der Waals surface area contributed by atoms with E-state index in [-0.39, 0.29) is 0 Å². The van der Waals surface area contributed by atoms with Crippen LogP contribution in [0, 0.1) is 0 Å². The molecule has 0 aromatic heterocycles. The summed E-state index contributed by atoms with van der Waals surface area (Å²) >= 11 is 33.4. The van der Waals surface area contributed by atoms with Crippen LogP contribution in [0.5, 0.6) is 11.5 Å². The van der Waals surface area contributed by atoms with Crippen molar-refractivity contribution < 1.29 is 9.47 Å². The molecule has 1 aromatic carbocycles. The maximum atomic E-state index is 7.24. The second kappa shape index (κ2) is 38.8. The van der Waals surface area contributed by atoms with Crippen molar-refractivity contribution in [2.75, 3.05) is 36.2 Å². The van der Waals surface area contributed by atoms with E-state index in [4.69, 9.17) is 9.47 Å².